The standard InChI is InChI=1S/C17H22N2O3S/c1-14-13-16(14)17(20)18-8-10-19(11-9-18)23(21,22)12-7-15-5-3-2-4-6-15/h2-7,12,14,16H,8-11,13H2,1H3/b12-7+. The van der Waals surface area contributed by atoms with Crippen molar-refractivity contribution in [2.45, 2.75) is 13.3 Å². The summed E-state index contributed by atoms with van der Waals surface area (Å²) < 4.78 is 26.2. The van der Waals surface area contributed by atoms with E-state index in [4.69, 9.17) is 0 Å². The fourth-order valence-electron chi connectivity index (χ4n) is 2.88. The monoisotopic (exact) mass is 334 g/mol. The van der Waals surface area contributed by atoms with E-state index in [1.165, 1.54) is 9.71 Å². The molecule has 2 unspecified atom stereocenters. The van der Waals surface area contributed by atoms with E-state index in [1.807, 2.05) is 30.3 Å². The van der Waals surface area contributed by atoms with Crippen molar-refractivity contribution >= 4 is 22.0 Å². The molecule has 2 atom stereocenters. The number of piperazine rings is 1. The summed E-state index contributed by atoms with van der Waals surface area (Å²) in [4.78, 5) is 14.0. The molecule has 1 saturated heterocycles. The molecule has 0 radical (unpaired) electrons. The lowest BCUT2D eigenvalue weighted by Crippen LogP contribution is -2.50. The van der Waals surface area contributed by atoms with Crippen LogP contribution in [0.15, 0.2) is 35.7 Å². The van der Waals surface area contributed by atoms with Crippen LogP contribution in [0.3, 0.4) is 0 Å². The molecule has 23 heavy (non-hydrogen) atoms. The van der Waals surface area contributed by atoms with Gasteiger partial charge in [-0.3, -0.25) is 4.79 Å². The first-order valence-electron chi connectivity index (χ1n) is 7.99. The Bertz CT molecular complexity index is 692. The van der Waals surface area contributed by atoms with Gasteiger partial charge in [-0.1, -0.05) is 37.3 Å². The van der Waals surface area contributed by atoms with Crippen molar-refractivity contribution in [3.05, 3.63) is 41.3 Å². The smallest absolute Gasteiger partial charge is 0.236 e. The summed E-state index contributed by atoms with van der Waals surface area (Å²) in [6, 6.07) is 9.35. The number of carbonyl (C=O) groups is 1. The van der Waals surface area contributed by atoms with Crippen LogP contribution >= 0.6 is 0 Å². The molecule has 0 bridgehead atoms. The van der Waals surface area contributed by atoms with Gasteiger partial charge in [-0.2, -0.15) is 4.31 Å². The van der Waals surface area contributed by atoms with Gasteiger partial charge in [-0.05, 0) is 24.0 Å². The van der Waals surface area contributed by atoms with E-state index < -0.39 is 10.0 Å². The minimum Gasteiger partial charge on any atom is -0.340 e. The van der Waals surface area contributed by atoms with Crippen molar-refractivity contribution in [2.24, 2.45) is 11.8 Å². The summed E-state index contributed by atoms with van der Waals surface area (Å²) in [7, 11) is -3.43. The zero-order valence-corrected chi connectivity index (χ0v) is 14.1. The van der Waals surface area contributed by atoms with Crippen LogP contribution in [0.5, 0.6) is 0 Å². The SMILES string of the molecule is CC1CC1C(=O)N1CCN(S(=O)(=O)/C=C/c2ccccc2)CC1. The minimum absolute atomic E-state index is 0.163. The zero-order valence-electron chi connectivity index (χ0n) is 13.3. The van der Waals surface area contributed by atoms with Gasteiger partial charge in [0.25, 0.3) is 0 Å². The molecule has 5 nitrogen and oxygen atoms in total. The molecule has 1 heterocycles. The van der Waals surface area contributed by atoms with Gasteiger partial charge in [-0.15, -0.1) is 0 Å². The molecule has 2 fully saturated rings. The van der Waals surface area contributed by atoms with Gasteiger partial charge in [0.2, 0.25) is 15.9 Å². The van der Waals surface area contributed by atoms with Crippen LogP contribution < -0.4 is 0 Å². The first-order chi connectivity index (χ1) is 11.0. The van der Waals surface area contributed by atoms with Crippen LogP contribution in [0.4, 0.5) is 0 Å². The molecule has 1 aliphatic carbocycles. The van der Waals surface area contributed by atoms with Crippen LogP contribution in [-0.4, -0.2) is 49.7 Å². The molecule has 1 saturated carbocycles. The molecule has 1 aromatic carbocycles. The van der Waals surface area contributed by atoms with E-state index in [-0.39, 0.29) is 11.8 Å². The Hall–Kier alpha value is -1.66. The van der Waals surface area contributed by atoms with Crippen LogP contribution in [0.2, 0.25) is 0 Å². The van der Waals surface area contributed by atoms with Crippen LogP contribution in [-0.2, 0) is 14.8 Å². The lowest BCUT2D eigenvalue weighted by atomic mass is 10.2. The topological polar surface area (TPSA) is 57.7 Å². The lowest BCUT2D eigenvalue weighted by Gasteiger charge is -2.33. The first kappa shape index (κ1) is 16.2. The third-order valence-electron chi connectivity index (χ3n) is 4.57. The quantitative estimate of drug-likeness (QED) is 0.843. The van der Waals surface area contributed by atoms with Crippen LogP contribution in [0.25, 0.3) is 6.08 Å². The van der Waals surface area contributed by atoms with E-state index in [0.717, 1.165) is 12.0 Å². The van der Waals surface area contributed by atoms with Crippen molar-refractivity contribution < 1.29 is 13.2 Å². The molecule has 1 aromatic rings. The summed E-state index contributed by atoms with van der Waals surface area (Å²) in [6.45, 7) is 3.79. The molecule has 2 aliphatic rings. The molecule has 0 N–H and O–H groups in total. The van der Waals surface area contributed by atoms with Crippen molar-refractivity contribution in [1.29, 1.82) is 0 Å². The average molecular weight is 334 g/mol. The summed E-state index contributed by atoms with van der Waals surface area (Å²) >= 11 is 0. The molecule has 6 heteroatoms. The Balaban J connectivity index is 1.58. The van der Waals surface area contributed by atoms with Crippen molar-refractivity contribution in [3.8, 4) is 0 Å². The molecule has 3 rings (SSSR count). The van der Waals surface area contributed by atoms with E-state index in [2.05, 4.69) is 6.92 Å². The van der Waals surface area contributed by atoms with Crippen LogP contribution in [0.1, 0.15) is 18.9 Å². The average Bonchev–Trinajstić information content (AvgIpc) is 3.30. The Morgan fingerprint density at radius 3 is 2.30 bits per heavy atom. The maximum Gasteiger partial charge on any atom is 0.236 e. The molecule has 0 spiro atoms. The van der Waals surface area contributed by atoms with E-state index in [0.29, 0.717) is 32.1 Å². The Morgan fingerprint density at radius 1 is 1.13 bits per heavy atom. The minimum atomic E-state index is -3.43. The maximum absolute atomic E-state index is 12.4. The fraction of sp³-hybridized carbons (Fsp3) is 0.471. The van der Waals surface area contributed by atoms with Gasteiger partial charge in [0.1, 0.15) is 0 Å². The molecule has 1 aliphatic heterocycles. The summed E-state index contributed by atoms with van der Waals surface area (Å²) in [5.74, 6) is 0.837. The van der Waals surface area contributed by atoms with Gasteiger partial charge in [0.05, 0.1) is 0 Å². The Labute approximate surface area is 137 Å². The number of rotatable bonds is 4. The van der Waals surface area contributed by atoms with Gasteiger partial charge >= 0.3 is 0 Å². The highest BCUT2D eigenvalue weighted by molar-refractivity contribution is 7.92. The number of nitrogens with zero attached hydrogens (tertiary/aromatic N) is 2. The fourth-order valence-corrected chi connectivity index (χ4v) is 4.05. The highest BCUT2D eigenvalue weighted by Crippen LogP contribution is 2.39. The van der Waals surface area contributed by atoms with E-state index in [1.54, 1.807) is 11.0 Å². The normalized spacial score (nSPS) is 25.7. The predicted octanol–water partition coefficient (Wildman–Crippen LogP) is 1.79. The van der Waals surface area contributed by atoms with E-state index >= 15 is 0 Å². The second kappa shape index (κ2) is 6.45. The molecular formula is C17H22N2O3S. The van der Waals surface area contributed by atoms with Gasteiger partial charge in [-0.25, -0.2) is 8.42 Å². The molecule has 0 aromatic heterocycles. The van der Waals surface area contributed by atoms with Gasteiger partial charge in [0.15, 0.2) is 0 Å². The second-order valence-electron chi connectivity index (χ2n) is 6.30. The Kier molecular flexibility index (Phi) is 4.55. The molecule has 124 valence electrons. The van der Waals surface area contributed by atoms with Crippen molar-refractivity contribution in [2.75, 3.05) is 26.2 Å². The van der Waals surface area contributed by atoms with Crippen molar-refractivity contribution in [3.63, 3.8) is 0 Å². The summed E-state index contributed by atoms with van der Waals surface area (Å²) in [6.07, 6.45) is 2.58. The lowest BCUT2D eigenvalue weighted by molar-refractivity contribution is -0.134. The number of benzene rings is 1. The molecular weight excluding hydrogens is 312 g/mol. The molecule has 1 amide bonds. The van der Waals surface area contributed by atoms with E-state index in [9.17, 15) is 13.2 Å². The highest BCUT2D eigenvalue weighted by atomic mass is 32.2. The predicted molar refractivity (Wildman–Crippen MR) is 89.8 cm³/mol. The highest BCUT2D eigenvalue weighted by Gasteiger charge is 2.42. The number of amides is 1. The second-order valence-corrected chi connectivity index (χ2v) is 8.12. The number of hydrogen-bond acceptors (Lipinski definition) is 3. The third-order valence-corrected chi connectivity index (χ3v) is 6.13. The number of hydrogen-bond donors (Lipinski definition) is 0. The van der Waals surface area contributed by atoms with Crippen molar-refractivity contribution in [1.82, 2.24) is 9.21 Å². The largest absolute Gasteiger partial charge is 0.340 e. The third kappa shape index (κ3) is 3.82. The first-order valence-corrected chi connectivity index (χ1v) is 9.50. The summed E-state index contributed by atoms with van der Waals surface area (Å²) in [5.41, 5.74) is 0.854. The van der Waals surface area contributed by atoms with Gasteiger partial charge < -0.3 is 4.90 Å². The van der Waals surface area contributed by atoms with Gasteiger partial charge in [0, 0.05) is 37.5 Å². The maximum atomic E-state index is 12.4. The Morgan fingerprint density at radius 2 is 1.74 bits per heavy atom. The summed E-state index contributed by atoms with van der Waals surface area (Å²) in [5, 5.41) is 1.25. The number of carbonyl (C=O) groups excluding carboxylic acids is 1. The zero-order chi connectivity index (χ0) is 16.4. The van der Waals surface area contributed by atoms with Crippen LogP contribution in [0, 0.1) is 11.8 Å². The number of sulfonamides is 1.